The van der Waals surface area contributed by atoms with Gasteiger partial charge < -0.3 is 15.8 Å². The van der Waals surface area contributed by atoms with E-state index in [4.69, 9.17) is 10.5 Å². The molecule has 0 saturated heterocycles. The minimum Gasteiger partial charge on any atom is -0.456 e. The molecule has 1 aromatic carbocycles. The van der Waals surface area contributed by atoms with Crippen molar-refractivity contribution in [2.24, 2.45) is 5.73 Å². The molecule has 1 atom stereocenters. The van der Waals surface area contributed by atoms with Gasteiger partial charge in [0.05, 0.1) is 11.6 Å². The first kappa shape index (κ1) is 20.0. The molecule has 3 N–H and O–H groups in total. The number of nitrogens with one attached hydrogen (secondary N) is 1. The maximum atomic E-state index is 12.1. The van der Waals surface area contributed by atoms with E-state index in [1.54, 1.807) is 45.0 Å². The molecule has 1 aromatic rings. The minimum absolute atomic E-state index is 0.279. The molecule has 0 aliphatic rings. The van der Waals surface area contributed by atoms with Crippen LogP contribution in [0.5, 0.6) is 0 Å². The van der Waals surface area contributed by atoms with Crippen LogP contribution in [0.3, 0.4) is 0 Å². The topological polar surface area (TPSA) is 81.4 Å². The molecule has 24 heavy (non-hydrogen) atoms. The highest BCUT2D eigenvalue weighted by atomic mass is 19.3. The van der Waals surface area contributed by atoms with Crippen molar-refractivity contribution in [3.8, 4) is 0 Å². The van der Waals surface area contributed by atoms with E-state index in [9.17, 15) is 18.4 Å². The molecule has 0 radical (unpaired) electrons. The van der Waals surface area contributed by atoms with E-state index in [0.29, 0.717) is 12.0 Å². The summed E-state index contributed by atoms with van der Waals surface area (Å²) < 4.78 is 29.5. The van der Waals surface area contributed by atoms with Gasteiger partial charge >= 0.3 is 5.97 Å². The summed E-state index contributed by atoms with van der Waals surface area (Å²) in [6.45, 7) is 5.66. The Bertz CT molecular complexity index is 554. The normalized spacial score (nSPS) is 12.8. The van der Waals surface area contributed by atoms with Gasteiger partial charge in [-0.2, -0.15) is 0 Å². The lowest BCUT2D eigenvalue weighted by molar-refractivity contribution is -0.123. The van der Waals surface area contributed by atoms with Crippen LogP contribution in [0.4, 0.5) is 8.78 Å². The molecule has 0 unspecified atom stereocenters. The molecule has 5 nitrogen and oxygen atoms in total. The third-order valence-corrected chi connectivity index (χ3v) is 3.07. The second-order valence-electron chi connectivity index (χ2n) is 6.47. The van der Waals surface area contributed by atoms with Gasteiger partial charge in [0.15, 0.2) is 0 Å². The van der Waals surface area contributed by atoms with Gasteiger partial charge in [-0.15, -0.1) is 0 Å². The van der Waals surface area contributed by atoms with Gasteiger partial charge in [0.1, 0.15) is 5.60 Å². The molecule has 0 heterocycles. The average Bonchev–Trinajstić information content (AvgIpc) is 2.45. The number of carbonyl (C=O) groups excluding carboxylic acids is 2. The number of hydrogen-bond donors (Lipinski definition) is 2. The van der Waals surface area contributed by atoms with Crippen LogP contribution in [-0.4, -0.2) is 36.5 Å². The van der Waals surface area contributed by atoms with Crippen molar-refractivity contribution in [1.82, 2.24) is 5.32 Å². The van der Waals surface area contributed by atoms with Gasteiger partial charge in [-0.1, -0.05) is 12.1 Å². The van der Waals surface area contributed by atoms with Gasteiger partial charge in [0, 0.05) is 13.0 Å². The van der Waals surface area contributed by atoms with E-state index in [2.05, 4.69) is 5.32 Å². The van der Waals surface area contributed by atoms with Crippen molar-refractivity contribution < 1.29 is 23.1 Å². The van der Waals surface area contributed by atoms with Crippen LogP contribution in [0.1, 0.15) is 43.1 Å². The molecular formula is C17H24F2N2O3. The van der Waals surface area contributed by atoms with Gasteiger partial charge in [0.25, 0.3) is 0 Å². The fraction of sp³-hybridized carbons (Fsp3) is 0.529. The van der Waals surface area contributed by atoms with Gasteiger partial charge in [-0.05, 0) is 44.9 Å². The van der Waals surface area contributed by atoms with Crippen molar-refractivity contribution in [2.45, 2.75) is 51.7 Å². The first-order valence-electron chi connectivity index (χ1n) is 7.72. The van der Waals surface area contributed by atoms with Gasteiger partial charge in [-0.25, -0.2) is 13.6 Å². The fourth-order valence-electron chi connectivity index (χ4n) is 1.90. The van der Waals surface area contributed by atoms with E-state index < -0.39 is 36.4 Å². The van der Waals surface area contributed by atoms with Crippen molar-refractivity contribution in [1.29, 1.82) is 0 Å². The molecule has 0 bridgehead atoms. The molecule has 0 aliphatic carbocycles. The number of amides is 1. The lowest BCUT2D eigenvalue weighted by Gasteiger charge is -2.19. The largest absolute Gasteiger partial charge is 0.456 e. The smallest absolute Gasteiger partial charge is 0.338 e. The number of ether oxygens (including phenoxy) is 1. The second-order valence-corrected chi connectivity index (χ2v) is 6.47. The molecule has 0 aliphatic heterocycles. The fourth-order valence-corrected chi connectivity index (χ4v) is 1.90. The lowest BCUT2D eigenvalue weighted by Crippen LogP contribution is -2.42. The van der Waals surface area contributed by atoms with Crippen LogP contribution in [0, 0.1) is 0 Å². The molecule has 1 amide bonds. The summed E-state index contributed by atoms with van der Waals surface area (Å²) in [6, 6.07) is 5.59. The number of carbonyl (C=O) groups is 2. The molecule has 134 valence electrons. The highest BCUT2D eigenvalue weighted by Gasteiger charge is 2.19. The molecule has 0 spiro atoms. The number of esters is 1. The van der Waals surface area contributed by atoms with Crippen molar-refractivity contribution in [3.63, 3.8) is 0 Å². The summed E-state index contributed by atoms with van der Waals surface area (Å²) in [7, 11) is 0. The summed E-state index contributed by atoms with van der Waals surface area (Å²) in [5, 5.41) is 2.52. The Morgan fingerprint density at radius 1 is 1.21 bits per heavy atom. The second kappa shape index (κ2) is 8.73. The van der Waals surface area contributed by atoms with Crippen LogP contribution in [0.15, 0.2) is 24.3 Å². The number of benzene rings is 1. The number of hydrogen-bond acceptors (Lipinski definition) is 4. The maximum Gasteiger partial charge on any atom is 0.338 e. The average molecular weight is 342 g/mol. The summed E-state index contributed by atoms with van der Waals surface area (Å²) in [5.74, 6) is -0.999. The molecule has 7 heteroatoms. The Hall–Kier alpha value is -2.02. The van der Waals surface area contributed by atoms with Crippen LogP contribution < -0.4 is 11.1 Å². The number of rotatable bonds is 7. The van der Waals surface area contributed by atoms with Crippen LogP contribution in [-0.2, 0) is 16.0 Å². The first-order chi connectivity index (χ1) is 11.1. The number of halogens is 2. The Morgan fingerprint density at radius 3 is 2.29 bits per heavy atom. The molecule has 0 aromatic heterocycles. The van der Waals surface area contributed by atoms with E-state index in [-0.39, 0.29) is 6.54 Å². The predicted octanol–water partition coefficient (Wildman–Crippen LogP) is 2.28. The van der Waals surface area contributed by atoms with Crippen LogP contribution in [0.2, 0.25) is 0 Å². The van der Waals surface area contributed by atoms with Gasteiger partial charge in [0.2, 0.25) is 12.3 Å². The summed E-state index contributed by atoms with van der Waals surface area (Å²) in [4.78, 5) is 23.4. The Balaban J connectivity index is 2.45. The molecule has 1 rings (SSSR count). The third kappa shape index (κ3) is 7.50. The van der Waals surface area contributed by atoms with Crippen molar-refractivity contribution in [2.75, 3.05) is 6.54 Å². The Labute approximate surface area is 140 Å². The van der Waals surface area contributed by atoms with Crippen molar-refractivity contribution in [3.05, 3.63) is 35.4 Å². The maximum absolute atomic E-state index is 12.1. The standard InChI is InChI=1S/C17H24F2N2O3/c1-17(2,3)24-16(23)12-6-4-11(5-7-12)8-9-21-15(22)13(20)10-14(18)19/h4-7,13-14H,8-10,20H2,1-3H3,(H,21,22)/t13-/m0/s1. The summed E-state index contributed by atoms with van der Waals surface area (Å²) >= 11 is 0. The third-order valence-electron chi connectivity index (χ3n) is 3.07. The van der Waals surface area contributed by atoms with Crippen LogP contribution in [0.25, 0.3) is 0 Å². The zero-order chi connectivity index (χ0) is 18.3. The highest BCUT2D eigenvalue weighted by Crippen LogP contribution is 2.13. The first-order valence-corrected chi connectivity index (χ1v) is 7.72. The summed E-state index contributed by atoms with van der Waals surface area (Å²) in [6.07, 6.45) is -2.76. The Kier molecular flexibility index (Phi) is 7.28. The highest BCUT2D eigenvalue weighted by molar-refractivity contribution is 5.89. The monoisotopic (exact) mass is 342 g/mol. The lowest BCUT2D eigenvalue weighted by atomic mass is 10.1. The van der Waals surface area contributed by atoms with Gasteiger partial charge in [-0.3, -0.25) is 4.79 Å². The Morgan fingerprint density at radius 2 is 1.79 bits per heavy atom. The van der Waals surface area contributed by atoms with E-state index in [1.165, 1.54) is 0 Å². The zero-order valence-corrected chi connectivity index (χ0v) is 14.1. The van der Waals surface area contributed by atoms with E-state index >= 15 is 0 Å². The zero-order valence-electron chi connectivity index (χ0n) is 14.1. The van der Waals surface area contributed by atoms with Crippen molar-refractivity contribution >= 4 is 11.9 Å². The van der Waals surface area contributed by atoms with E-state index in [0.717, 1.165) is 5.56 Å². The quantitative estimate of drug-likeness (QED) is 0.745. The minimum atomic E-state index is -2.61. The van der Waals surface area contributed by atoms with E-state index in [1.807, 2.05) is 0 Å². The number of alkyl halides is 2. The SMILES string of the molecule is CC(C)(C)OC(=O)c1ccc(CCNC(=O)[C@@H](N)CC(F)F)cc1. The molecule has 0 saturated carbocycles. The molecular weight excluding hydrogens is 318 g/mol. The predicted molar refractivity (Wildman–Crippen MR) is 86.9 cm³/mol. The van der Waals surface area contributed by atoms with Crippen LogP contribution >= 0.6 is 0 Å². The number of nitrogens with two attached hydrogens (primary N) is 1. The summed E-state index contributed by atoms with van der Waals surface area (Å²) in [5.41, 5.74) is 6.13. The molecule has 0 fully saturated rings.